The van der Waals surface area contributed by atoms with Crippen LogP contribution < -0.4 is 10.6 Å². The number of aryl methyl sites for hydroxylation is 2. The third-order valence-corrected chi connectivity index (χ3v) is 4.86. The van der Waals surface area contributed by atoms with Crippen LogP contribution in [0.3, 0.4) is 0 Å². The molecule has 0 unspecified atom stereocenters. The maximum absolute atomic E-state index is 12.0. The van der Waals surface area contributed by atoms with E-state index in [0.717, 1.165) is 29.1 Å². The number of amides is 1. The number of nitrogens with zero attached hydrogens (tertiary/aromatic N) is 1. The summed E-state index contributed by atoms with van der Waals surface area (Å²) < 4.78 is 0. The van der Waals surface area contributed by atoms with E-state index in [2.05, 4.69) is 20.8 Å². The number of aromatic amines is 1. The first-order valence-corrected chi connectivity index (χ1v) is 9.84. The highest BCUT2D eigenvalue weighted by atomic mass is 35.5. The molecule has 0 aliphatic carbocycles. The summed E-state index contributed by atoms with van der Waals surface area (Å²) in [6, 6.07) is 15.1. The van der Waals surface area contributed by atoms with Gasteiger partial charge in [-0.3, -0.25) is 15.2 Å². The fraction of sp³-hybridized carbons (Fsp3) is 0.136. The van der Waals surface area contributed by atoms with Crippen molar-refractivity contribution in [3.05, 3.63) is 87.7 Å². The van der Waals surface area contributed by atoms with Gasteiger partial charge in [-0.15, -0.1) is 0 Å². The van der Waals surface area contributed by atoms with Gasteiger partial charge in [0.2, 0.25) is 5.91 Å². The lowest BCUT2D eigenvalue weighted by atomic mass is 10.0. The molecule has 1 aromatic heterocycles. The Bertz CT molecular complexity index is 1020. The van der Waals surface area contributed by atoms with E-state index in [1.807, 2.05) is 50.2 Å². The average Bonchev–Trinajstić information content (AvgIpc) is 3.01. The summed E-state index contributed by atoms with van der Waals surface area (Å²) >= 11 is 11.1. The molecule has 5 nitrogen and oxygen atoms in total. The lowest BCUT2D eigenvalue weighted by molar-refractivity contribution is -0.115. The van der Waals surface area contributed by atoms with Crippen molar-refractivity contribution in [2.75, 3.05) is 5.32 Å². The summed E-state index contributed by atoms with van der Waals surface area (Å²) in [5.74, 6) is -0.306. The molecule has 0 spiro atoms. The Labute approximate surface area is 180 Å². The number of carbonyl (C=O) groups excluding carboxylic acids is 1. The van der Waals surface area contributed by atoms with Gasteiger partial charge in [-0.2, -0.15) is 5.10 Å². The summed E-state index contributed by atoms with van der Waals surface area (Å²) in [6.07, 6.45) is 3.93. The van der Waals surface area contributed by atoms with Gasteiger partial charge in [0.05, 0.1) is 5.69 Å². The molecule has 0 saturated heterocycles. The number of hydrogen-bond acceptors (Lipinski definition) is 3. The topological polar surface area (TPSA) is 69.8 Å². The van der Waals surface area contributed by atoms with Gasteiger partial charge in [0.25, 0.3) is 0 Å². The van der Waals surface area contributed by atoms with Crippen molar-refractivity contribution in [1.82, 2.24) is 15.5 Å². The zero-order valence-corrected chi connectivity index (χ0v) is 17.7. The van der Waals surface area contributed by atoms with Crippen LogP contribution in [0.1, 0.15) is 28.1 Å². The van der Waals surface area contributed by atoms with E-state index >= 15 is 0 Å². The van der Waals surface area contributed by atoms with Crippen molar-refractivity contribution in [1.29, 1.82) is 0 Å². The van der Waals surface area contributed by atoms with Crippen LogP contribution in [0.15, 0.2) is 54.6 Å². The molecular formula is C22H21ClN4OS. The molecule has 1 amide bonds. The van der Waals surface area contributed by atoms with Gasteiger partial charge in [0, 0.05) is 34.5 Å². The molecule has 0 aliphatic heterocycles. The van der Waals surface area contributed by atoms with Crippen LogP contribution >= 0.6 is 23.8 Å². The number of nitrogens with one attached hydrogen (secondary N) is 3. The van der Waals surface area contributed by atoms with E-state index in [4.69, 9.17) is 23.8 Å². The van der Waals surface area contributed by atoms with Crippen LogP contribution in [-0.4, -0.2) is 21.2 Å². The Morgan fingerprint density at radius 2 is 1.83 bits per heavy atom. The molecule has 29 heavy (non-hydrogen) atoms. The number of thiocarbonyl (C=S) groups is 1. The van der Waals surface area contributed by atoms with Crippen molar-refractivity contribution in [3.63, 3.8) is 0 Å². The molecule has 0 fully saturated rings. The summed E-state index contributed by atoms with van der Waals surface area (Å²) in [4.78, 5) is 12.0. The van der Waals surface area contributed by atoms with Crippen LogP contribution in [0.4, 0.5) is 5.69 Å². The minimum atomic E-state index is -0.306. The minimum absolute atomic E-state index is 0.241. The second kappa shape index (κ2) is 9.49. The van der Waals surface area contributed by atoms with Crippen molar-refractivity contribution < 1.29 is 4.79 Å². The van der Waals surface area contributed by atoms with Crippen molar-refractivity contribution in [3.8, 4) is 0 Å². The van der Waals surface area contributed by atoms with Crippen molar-refractivity contribution in [2.24, 2.45) is 0 Å². The first-order valence-electron chi connectivity index (χ1n) is 9.05. The maximum Gasteiger partial charge on any atom is 0.250 e. The van der Waals surface area contributed by atoms with Crippen LogP contribution in [0.5, 0.6) is 0 Å². The van der Waals surface area contributed by atoms with Crippen LogP contribution in [-0.2, 0) is 11.2 Å². The predicted molar refractivity (Wildman–Crippen MR) is 122 cm³/mol. The van der Waals surface area contributed by atoms with Gasteiger partial charge in [0.1, 0.15) is 0 Å². The van der Waals surface area contributed by atoms with Crippen molar-refractivity contribution >= 4 is 46.6 Å². The van der Waals surface area contributed by atoms with Crippen LogP contribution in [0.25, 0.3) is 6.08 Å². The fourth-order valence-electron chi connectivity index (χ4n) is 2.81. The SMILES string of the molecule is Cc1n[nH]c(C)c1Cc1ccc(NC(=S)NC(=O)/C=C/c2ccc(Cl)cc2)cc1. The van der Waals surface area contributed by atoms with E-state index in [9.17, 15) is 4.79 Å². The molecule has 3 N–H and O–H groups in total. The van der Waals surface area contributed by atoms with Gasteiger partial charge in [-0.05, 0) is 67.5 Å². The summed E-state index contributed by atoms with van der Waals surface area (Å²) in [5, 5.41) is 13.8. The zero-order valence-electron chi connectivity index (χ0n) is 16.1. The molecule has 3 rings (SSSR count). The van der Waals surface area contributed by atoms with E-state index in [-0.39, 0.29) is 11.0 Å². The zero-order chi connectivity index (χ0) is 20.8. The Morgan fingerprint density at radius 1 is 1.14 bits per heavy atom. The Morgan fingerprint density at radius 3 is 2.45 bits per heavy atom. The number of anilines is 1. The minimum Gasteiger partial charge on any atom is -0.332 e. The summed E-state index contributed by atoms with van der Waals surface area (Å²) in [6.45, 7) is 4.02. The van der Waals surface area contributed by atoms with E-state index < -0.39 is 0 Å². The lowest BCUT2D eigenvalue weighted by Crippen LogP contribution is -2.32. The second-order valence-corrected chi connectivity index (χ2v) is 7.46. The largest absolute Gasteiger partial charge is 0.332 e. The number of hydrogen-bond donors (Lipinski definition) is 3. The van der Waals surface area contributed by atoms with Gasteiger partial charge in [-0.25, -0.2) is 0 Å². The molecule has 7 heteroatoms. The quantitative estimate of drug-likeness (QED) is 0.406. The third-order valence-electron chi connectivity index (χ3n) is 4.41. The first-order chi connectivity index (χ1) is 13.9. The fourth-order valence-corrected chi connectivity index (χ4v) is 3.15. The molecular weight excluding hydrogens is 404 g/mol. The second-order valence-electron chi connectivity index (χ2n) is 6.61. The third kappa shape index (κ3) is 6.01. The normalized spacial score (nSPS) is 10.9. The molecule has 148 valence electrons. The Hall–Kier alpha value is -2.96. The lowest BCUT2D eigenvalue weighted by Gasteiger charge is -2.09. The van der Waals surface area contributed by atoms with Gasteiger partial charge < -0.3 is 5.32 Å². The van der Waals surface area contributed by atoms with Crippen LogP contribution in [0, 0.1) is 13.8 Å². The predicted octanol–water partition coefficient (Wildman–Crippen LogP) is 4.80. The van der Waals surface area contributed by atoms with E-state index in [1.54, 1.807) is 18.2 Å². The highest BCUT2D eigenvalue weighted by Gasteiger charge is 2.07. The van der Waals surface area contributed by atoms with Crippen LogP contribution in [0.2, 0.25) is 5.02 Å². The molecule has 0 aliphatic rings. The van der Waals surface area contributed by atoms with E-state index in [0.29, 0.717) is 5.02 Å². The molecule has 0 bridgehead atoms. The number of rotatable bonds is 5. The molecule has 0 atom stereocenters. The summed E-state index contributed by atoms with van der Waals surface area (Å²) in [7, 11) is 0. The first kappa shape index (κ1) is 20.8. The number of aromatic nitrogens is 2. The Kier molecular flexibility index (Phi) is 6.80. The number of halogens is 1. The highest BCUT2D eigenvalue weighted by Crippen LogP contribution is 2.17. The number of benzene rings is 2. The van der Waals surface area contributed by atoms with Gasteiger partial charge in [0.15, 0.2) is 5.11 Å². The van der Waals surface area contributed by atoms with E-state index in [1.165, 1.54) is 17.2 Å². The molecule has 0 radical (unpaired) electrons. The van der Waals surface area contributed by atoms with Gasteiger partial charge >= 0.3 is 0 Å². The maximum atomic E-state index is 12.0. The number of carbonyl (C=O) groups is 1. The van der Waals surface area contributed by atoms with Gasteiger partial charge in [-0.1, -0.05) is 35.9 Å². The molecule has 1 heterocycles. The highest BCUT2D eigenvalue weighted by molar-refractivity contribution is 7.80. The summed E-state index contributed by atoms with van der Waals surface area (Å²) in [5.41, 5.74) is 6.16. The number of H-pyrrole nitrogens is 1. The molecule has 2 aromatic carbocycles. The monoisotopic (exact) mass is 424 g/mol. The standard InChI is InChI=1S/C22H21ClN4OS/c1-14-20(15(2)27-26-14)13-17-5-10-19(11-6-17)24-22(29)25-21(28)12-7-16-3-8-18(23)9-4-16/h3-12H,13H2,1-2H3,(H,26,27)(H2,24,25,28,29)/b12-7+. The Balaban J connectivity index is 1.52. The smallest absolute Gasteiger partial charge is 0.250 e. The van der Waals surface area contributed by atoms with Crippen molar-refractivity contribution in [2.45, 2.75) is 20.3 Å². The molecule has 0 saturated carbocycles. The average molecular weight is 425 g/mol. The molecule has 3 aromatic rings.